The Labute approximate surface area is 151 Å². The molecular weight excluding hydrogens is 338 g/mol. The van der Waals surface area contributed by atoms with E-state index >= 15 is 0 Å². The molecule has 1 amide bonds. The Bertz CT molecular complexity index is 665. The lowest BCUT2D eigenvalue weighted by Crippen LogP contribution is -2.50. The number of nitrogens with zero attached hydrogens (tertiary/aromatic N) is 2. The van der Waals surface area contributed by atoms with E-state index in [2.05, 4.69) is 19.2 Å². The Morgan fingerprint density at radius 1 is 1.20 bits per heavy atom. The van der Waals surface area contributed by atoms with Crippen LogP contribution in [0.2, 0.25) is 0 Å². The van der Waals surface area contributed by atoms with Gasteiger partial charge < -0.3 is 10.2 Å². The summed E-state index contributed by atoms with van der Waals surface area (Å²) < 4.78 is 27.2. The van der Waals surface area contributed by atoms with Crippen molar-refractivity contribution in [3.8, 4) is 0 Å². The number of rotatable bonds is 7. The van der Waals surface area contributed by atoms with Crippen LogP contribution in [0.25, 0.3) is 0 Å². The van der Waals surface area contributed by atoms with Crippen LogP contribution in [0.5, 0.6) is 0 Å². The Kier molecular flexibility index (Phi) is 6.98. The predicted octanol–water partition coefficient (Wildman–Crippen LogP) is 1.64. The Morgan fingerprint density at radius 2 is 1.80 bits per heavy atom. The lowest BCUT2D eigenvalue weighted by molar-refractivity contribution is -0.131. The minimum Gasteiger partial charge on any atom is -0.339 e. The van der Waals surface area contributed by atoms with Crippen LogP contribution in [0.1, 0.15) is 38.7 Å². The molecular formula is C18H29N3O3S. The van der Waals surface area contributed by atoms with E-state index < -0.39 is 10.0 Å². The van der Waals surface area contributed by atoms with Crippen LogP contribution in [0, 0.1) is 0 Å². The van der Waals surface area contributed by atoms with Crippen LogP contribution in [-0.4, -0.2) is 62.8 Å². The Balaban J connectivity index is 2.17. The standard InChI is InChI=1S/C18H29N3O3S/c1-4-11-21(14-18(22)20-12-9-19-10-13-20)25(23,24)17-7-5-16(6-8-17)15(2)3/h5-8,15,19H,4,9-14H2,1-3H3. The fourth-order valence-corrected chi connectivity index (χ4v) is 4.35. The second kappa shape index (κ2) is 8.78. The van der Waals surface area contributed by atoms with Gasteiger partial charge >= 0.3 is 0 Å². The lowest BCUT2D eigenvalue weighted by atomic mass is 10.0. The first-order chi connectivity index (χ1) is 11.9. The molecule has 25 heavy (non-hydrogen) atoms. The van der Waals surface area contributed by atoms with Crippen molar-refractivity contribution in [2.45, 2.75) is 38.0 Å². The molecule has 0 atom stereocenters. The molecule has 1 aliphatic rings. The highest BCUT2D eigenvalue weighted by Crippen LogP contribution is 2.20. The normalized spacial score (nSPS) is 15.8. The summed E-state index contributed by atoms with van der Waals surface area (Å²) >= 11 is 0. The molecule has 6 nitrogen and oxygen atoms in total. The molecule has 140 valence electrons. The first-order valence-corrected chi connectivity index (χ1v) is 10.4. The van der Waals surface area contributed by atoms with Gasteiger partial charge in [0.15, 0.2) is 0 Å². The van der Waals surface area contributed by atoms with Crippen molar-refractivity contribution in [1.82, 2.24) is 14.5 Å². The van der Waals surface area contributed by atoms with Gasteiger partial charge in [-0.3, -0.25) is 4.79 Å². The molecule has 0 saturated carbocycles. The summed E-state index contributed by atoms with van der Waals surface area (Å²) in [6.45, 7) is 9.06. The number of piperazine rings is 1. The fraction of sp³-hybridized carbons (Fsp3) is 0.611. The number of carbonyl (C=O) groups is 1. The molecule has 0 unspecified atom stereocenters. The number of benzene rings is 1. The van der Waals surface area contributed by atoms with Gasteiger partial charge in [0.1, 0.15) is 0 Å². The van der Waals surface area contributed by atoms with Crippen LogP contribution in [0.15, 0.2) is 29.2 Å². The summed E-state index contributed by atoms with van der Waals surface area (Å²) in [5.41, 5.74) is 1.10. The van der Waals surface area contributed by atoms with Gasteiger partial charge in [0.25, 0.3) is 0 Å². The van der Waals surface area contributed by atoms with Gasteiger partial charge in [0.2, 0.25) is 15.9 Å². The molecule has 0 aromatic heterocycles. The molecule has 0 bridgehead atoms. The predicted molar refractivity (Wildman–Crippen MR) is 99.0 cm³/mol. The molecule has 1 N–H and O–H groups in total. The van der Waals surface area contributed by atoms with Crippen molar-refractivity contribution in [3.63, 3.8) is 0 Å². The van der Waals surface area contributed by atoms with Gasteiger partial charge in [-0.05, 0) is 30.0 Å². The SMILES string of the molecule is CCCN(CC(=O)N1CCNCC1)S(=O)(=O)c1ccc(C(C)C)cc1. The lowest BCUT2D eigenvalue weighted by Gasteiger charge is -2.30. The largest absolute Gasteiger partial charge is 0.339 e. The summed E-state index contributed by atoms with van der Waals surface area (Å²) in [7, 11) is -3.67. The second-order valence-electron chi connectivity index (χ2n) is 6.69. The minimum absolute atomic E-state index is 0.0951. The van der Waals surface area contributed by atoms with E-state index in [0.717, 1.165) is 18.7 Å². The molecule has 2 rings (SSSR count). The summed E-state index contributed by atoms with van der Waals surface area (Å²) in [6, 6.07) is 6.98. The molecule has 7 heteroatoms. The van der Waals surface area contributed by atoms with E-state index in [4.69, 9.17) is 0 Å². The number of nitrogens with one attached hydrogen (secondary N) is 1. The van der Waals surface area contributed by atoms with Gasteiger partial charge in [-0.25, -0.2) is 8.42 Å². The molecule has 0 spiro atoms. The molecule has 1 aromatic rings. The Hall–Kier alpha value is -1.44. The van der Waals surface area contributed by atoms with Gasteiger partial charge in [-0.15, -0.1) is 0 Å². The third-order valence-corrected chi connectivity index (χ3v) is 6.30. The number of hydrogen-bond donors (Lipinski definition) is 1. The van der Waals surface area contributed by atoms with Crippen LogP contribution < -0.4 is 5.32 Å². The Morgan fingerprint density at radius 3 is 2.32 bits per heavy atom. The zero-order chi connectivity index (χ0) is 18.4. The zero-order valence-corrected chi connectivity index (χ0v) is 16.2. The second-order valence-corrected chi connectivity index (χ2v) is 8.63. The average molecular weight is 368 g/mol. The fourth-order valence-electron chi connectivity index (χ4n) is 2.87. The van der Waals surface area contributed by atoms with E-state index in [1.165, 1.54) is 4.31 Å². The minimum atomic E-state index is -3.67. The van der Waals surface area contributed by atoms with E-state index in [1.54, 1.807) is 17.0 Å². The van der Waals surface area contributed by atoms with Gasteiger partial charge in [0, 0.05) is 32.7 Å². The van der Waals surface area contributed by atoms with E-state index in [9.17, 15) is 13.2 Å². The first-order valence-electron chi connectivity index (χ1n) is 8.95. The molecule has 1 aliphatic heterocycles. The molecule has 1 fully saturated rings. The van der Waals surface area contributed by atoms with Crippen LogP contribution in [0.3, 0.4) is 0 Å². The number of amides is 1. The molecule has 1 heterocycles. The first kappa shape index (κ1) is 19.9. The van der Waals surface area contributed by atoms with E-state index in [-0.39, 0.29) is 17.3 Å². The van der Waals surface area contributed by atoms with Crippen molar-refractivity contribution in [2.75, 3.05) is 39.3 Å². The van der Waals surface area contributed by atoms with Crippen LogP contribution >= 0.6 is 0 Å². The number of hydrogen-bond acceptors (Lipinski definition) is 4. The summed E-state index contributed by atoms with van der Waals surface area (Å²) in [5, 5.41) is 3.19. The number of carbonyl (C=O) groups excluding carboxylic acids is 1. The van der Waals surface area contributed by atoms with E-state index in [1.807, 2.05) is 19.1 Å². The molecule has 0 radical (unpaired) electrons. The highest BCUT2D eigenvalue weighted by Gasteiger charge is 2.28. The molecule has 1 aromatic carbocycles. The van der Waals surface area contributed by atoms with Crippen molar-refractivity contribution >= 4 is 15.9 Å². The quantitative estimate of drug-likeness (QED) is 0.795. The van der Waals surface area contributed by atoms with Crippen molar-refractivity contribution < 1.29 is 13.2 Å². The van der Waals surface area contributed by atoms with Crippen molar-refractivity contribution in [1.29, 1.82) is 0 Å². The maximum absolute atomic E-state index is 13.0. The smallest absolute Gasteiger partial charge is 0.243 e. The molecule has 1 saturated heterocycles. The van der Waals surface area contributed by atoms with Gasteiger partial charge in [0.05, 0.1) is 11.4 Å². The average Bonchev–Trinajstić information content (AvgIpc) is 2.62. The zero-order valence-electron chi connectivity index (χ0n) is 15.4. The maximum atomic E-state index is 13.0. The highest BCUT2D eigenvalue weighted by molar-refractivity contribution is 7.89. The number of sulfonamides is 1. The van der Waals surface area contributed by atoms with Crippen LogP contribution in [0.4, 0.5) is 0 Å². The highest BCUT2D eigenvalue weighted by atomic mass is 32.2. The topological polar surface area (TPSA) is 69.7 Å². The van der Waals surface area contributed by atoms with Crippen molar-refractivity contribution in [3.05, 3.63) is 29.8 Å². The monoisotopic (exact) mass is 367 g/mol. The van der Waals surface area contributed by atoms with E-state index in [0.29, 0.717) is 32.0 Å². The summed E-state index contributed by atoms with van der Waals surface area (Å²) in [4.78, 5) is 14.5. The summed E-state index contributed by atoms with van der Waals surface area (Å²) in [6.07, 6.45) is 0.665. The third kappa shape index (κ3) is 5.03. The van der Waals surface area contributed by atoms with Gasteiger partial charge in [-0.2, -0.15) is 4.31 Å². The summed E-state index contributed by atoms with van der Waals surface area (Å²) in [5.74, 6) is 0.218. The van der Waals surface area contributed by atoms with Gasteiger partial charge in [-0.1, -0.05) is 32.9 Å². The molecule has 0 aliphatic carbocycles. The van der Waals surface area contributed by atoms with Crippen LogP contribution in [-0.2, 0) is 14.8 Å². The van der Waals surface area contributed by atoms with Crippen molar-refractivity contribution in [2.24, 2.45) is 0 Å². The third-order valence-electron chi connectivity index (χ3n) is 4.44. The maximum Gasteiger partial charge on any atom is 0.243 e.